The summed E-state index contributed by atoms with van der Waals surface area (Å²) in [6, 6.07) is 10.7. The van der Waals surface area contributed by atoms with E-state index >= 15 is 0 Å². The predicted molar refractivity (Wildman–Crippen MR) is 124 cm³/mol. The molecular weight excluding hydrogens is 390 g/mol. The minimum atomic E-state index is -0.777. The minimum Gasteiger partial charge on any atom is -0.236 e. The first-order chi connectivity index (χ1) is 15.1. The number of hydrogen-bond acceptors (Lipinski definition) is 2. The fourth-order valence-electron chi connectivity index (χ4n) is 3.74. The van der Waals surface area contributed by atoms with Crippen molar-refractivity contribution in [2.45, 2.75) is 71.6 Å². The molecule has 164 valence electrons. The van der Waals surface area contributed by atoms with Gasteiger partial charge in [0.2, 0.25) is 0 Å². The van der Waals surface area contributed by atoms with E-state index < -0.39 is 11.6 Å². The summed E-state index contributed by atoms with van der Waals surface area (Å²) in [7, 11) is 0. The van der Waals surface area contributed by atoms with E-state index in [0.29, 0.717) is 23.4 Å². The lowest BCUT2D eigenvalue weighted by Crippen LogP contribution is -1.97. The first-order valence-electron chi connectivity index (χ1n) is 11.5. The van der Waals surface area contributed by atoms with Crippen LogP contribution in [-0.2, 0) is 12.8 Å². The highest BCUT2D eigenvalue weighted by Gasteiger charge is 2.14. The third-order valence-electron chi connectivity index (χ3n) is 5.69. The van der Waals surface area contributed by atoms with Crippen LogP contribution in [0.25, 0.3) is 22.5 Å². The molecule has 0 saturated carbocycles. The van der Waals surface area contributed by atoms with Crippen molar-refractivity contribution in [3.8, 4) is 22.5 Å². The van der Waals surface area contributed by atoms with E-state index in [4.69, 9.17) is 0 Å². The third kappa shape index (κ3) is 6.19. The molecule has 0 aliphatic rings. The van der Waals surface area contributed by atoms with Crippen LogP contribution in [0.15, 0.2) is 48.8 Å². The lowest BCUT2D eigenvalue weighted by molar-refractivity contribution is 0.499. The summed E-state index contributed by atoms with van der Waals surface area (Å²) >= 11 is 0. The second-order valence-electron chi connectivity index (χ2n) is 8.16. The van der Waals surface area contributed by atoms with Gasteiger partial charge in [0, 0.05) is 23.5 Å². The van der Waals surface area contributed by atoms with E-state index in [-0.39, 0.29) is 5.56 Å². The Kier molecular flexibility index (Phi) is 8.69. The van der Waals surface area contributed by atoms with Gasteiger partial charge in [-0.2, -0.15) is 0 Å². The largest absolute Gasteiger partial charge is 0.236 e. The van der Waals surface area contributed by atoms with Crippen LogP contribution in [0.2, 0.25) is 0 Å². The second-order valence-corrected chi connectivity index (χ2v) is 8.16. The highest BCUT2D eigenvalue weighted by atomic mass is 19.2. The molecule has 3 aromatic rings. The van der Waals surface area contributed by atoms with Crippen LogP contribution in [0, 0.1) is 11.6 Å². The molecule has 31 heavy (non-hydrogen) atoms. The average Bonchev–Trinajstić information content (AvgIpc) is 2.80. The summed E-state index contributed by atoms with van der Waals surface area (Å²) in [6.45, 7) is 4.26. The number of nitrogens with zero attached hydrogens (tertiary/aromatic N) is 2. The van der Waals surface area contributed by atoms with Crippen molar-refractivity contribution in [3.05, 3.63) is 71.6 Å². The minimum absolute atomic E-state index is 0.281. The van der Waals surface area contributed by atoms with E-state index in [9.17, 15) is 8.78 Å². The van der Waals surface area contributed by atoms with Gasteiger partial charge >= 0.3 is 0 Å². The molecule has 0 bridgehead atoms. The molecule has 0 atom stereocenters. The second kappa shape index (κ2) is 11.7. The van der Waals surface area contributed by atoms with Gasteiger partial charge in [0.1, 0.15) is 0 Å². The van der Waals surface area contributed by atoms with E-state index in [1.807, 2.05) is 31.5 Å². The Hall–Kier alpha value is -2.62. The number of rotatable bonds is 11. The predicted octanol–water partition coefficient (Wildman–Crippen LogP) is 7.94. The molecule has 1 aromatic heterocycles. The van der Waals surface area contributed by atoms with Gasteiger partial charge in [-0.15, -0.1) is 0 Å². The Morgan fingerprint density at radius 2 is 1.29 bits per heavy atom. The SMILES string of the molecule is CCCCCCCc1cnc(-c2ccc(-c3ccc(CCCC)c(F)c3F)cc2)nc1. The number of unbranched alkanes of at least 4 members (excludes halogenated alkanes) is 5. The van der Waals surface area contributed by atoms with Crippen molar-refractivity contribution in [2.24, 2.45) is 0 Å². The van der Waals surface area contributed by atoms with E-state index in [0.717, 1.165) is 36.8 Å². The van der Waals surface area contributed by atoms with Gasteiger partial charge in [-0.1, -0.05) is 82.3 Å². The Morgan fingerprint density at radius 1 is 0.645 bits per heavy atom. The quantitative estimate of drug-likeness (QED) is 0.293. The van der Waals surface area contributed by atoms with Crippen molar-refractivity contribution >= 4 is 0 Å². The summed E-state index contributed by atoms with van der Waals surface area (Å²) in [5.41, 5.74) is 3.38. The van der Waals surface area contributed by atoms with Gasteiger partial charge in [0.25, 0.3) is 0 Å². The van der Waals surface area contributed by atoms with Gasteiger partial charge in [-0.3, -0.25) is 0 Å². The Morgan fingerprint density at radius 3 is 1.97 bits per heavy atom. The van der Waals surface area contributed by atoms with Gasteiger partial charge in [0.15, 0.2) is 17.5 Å². The molecule has 1 heterocycles. The van der Waals surface area contributed by atoms with E-state index in [1.54, 1.807) is 24.3 Å². The maximum atomic E-state index is 14.6. The van der Waals surface area contributed by atoms with Gasteiger partial charge < -0.3 is 0 Å². The van der Waals surface area contributed by atoms with Crippen LogP contribution in [0.3, 0.4) is 0 Å². The Labute approximate surface area is 184 Å². The van der Waals surface area contributed by atoms with Gasteiger partial charge in [0.05, 0.1) is 0 Å². The molecule has 0 spiro atoms. The third-order valence-corrected chi connectivity index (χ3v) is 5.69. The molecule has 0 fully saturated rings. The zero-order valence-corrected chi connectivity index (χ0v) is 18.6. The molecule has 0 radical (unpaired) electrons. The summed E-state index contributed by atoms with van der Waals surface area (Å²) in [6.07, 6.45) is 13.4. The normalized spacial score (nSPS) is 11.1. The number of benzene rings is 2. The number of hydrogen-bond donors (Lipinski definition) is 0. The number of aromatic nitrogens is 2. The van der Waals surface area contributed by atoms with Crippen molar-refractivity contribution < 1.29 is 8.78 Å². The maximum absolute atomic E-state index is 14.6. The molecule has 4 heteroatoms. The molecule has 0 unspecified atom stereocenters. The molecular formula is C27H32F2N2. The fraction of sp³-hybridized carbons (Fsp3) is 0.407. The van der Waals surface area contributed by atoms with Crippen LogP contribution in [0.1, 0.15) is 69.9 Å². The zero-order valence-electron chi connectivity index (χ0n) is 18.6. The van der Waals surface area contributed by atoms with Gasteiger partial charge in [-0.05, 0) is 42.4 Å². The summed E-state index contributed by atoms with van der Waals surface area (Å²) < 4.78 is 29.0. The van der Waals surface area contributed by atoms with Crippen LogP contribution in [-0.4, -0.2) is 9.97 Å². The average molecular weight is 423 g/mol. The van der Waals surface area contributed by atoms with Crippen LogP contribution in [0.5, 0.6) is 0 Å². The maximum Gasteiger partial charge on any atom is 0.166 e. The van der Waals surface area contributed by atoms with Crippen LogP contribution < -0.4 is 0 Å². The highest BCUT2D eigenvalue weighted by Crippen LogP contribution is 2.28. The first kappa shape index (κ1) is 23.1. The first-order valence-corrected chi connectivity index (χ1v) is 11.5. The molecule has 3 rings (SSSR count). The number of halogens is 2. The standard InChI is InChI=1S/C27H32F2N2/c1-3-5-7-8-9-10-20-18-30-27(31-19-20)23-14-12-21(13-15-23)24-17-16-22(11-6-4-2)25(28)26(24)29/h12-19H,3-11H2,1-2H3. The molecule has 0 saturated heterocycles. The van der Waals surface area contributed by atoms with Crippen LogP contribution >= 0.6 is 0 Å². The van der Waals surface area contributed by atoms with Crippen molar-refractivity contribution in [1.82, 2.24) is 9.97 Å². The topological polar surface area (TPSA) is 25.8 Å². The lowest BCUT2D eigenvalue weighted by atomic mass is 9.99. The summed E-state index contributed by atoms with van der Waals surface area (Å²) in [4.78, 5) is 8.99. The highest BCUT2D eigenvalue weighted by molar-refractivity contribution is 5.68. The van der Waals surface area contributed by atoms with Crippen LogP contribution in [0.4, 0.5) is 8.78 Å². The summed E-state index contributed by atoms with van der Waals surface area (Å²) in [5.74, 6) is -0.868. The van der Waals surface area contributed by atoms with Crippen molar-refractivity contribution in [2.75, 3.05) is 0 Å². The molecule has 0 aliphatic heterocycles. The lowest BCUT2D eigenvalue weighted by Gasteiger charge is -2.09. The van der Waals surface area contributed by atoms with Gasteiger partial charge in [-0.25, -0.2) is 18.7 Å². The van der Waals surface area contributed by atoms with Crippen molar-refractivity contribution in [1.29, 1.82) is 0 Å². The Balaban J connectivity index is 1.67. The Bertz CT molecular complexity index is 950. The van der Waals surface area contributed by atoms with E-state index in [1.165, 1.54) is 25.7 Å². The molecule has 2 aromatic carbocycles. The molecule has 2 nitrogen and oxygen atoms in total. The monoisotopic (exact) mass is 422 g/mol. The summed E-state index contributed by atoms with van der Waals surface area (Å²) in [5, 5.41) is 0. The molecule has 0 aliphatic carbocycles. The van der Waals surface area contributed by atoms with Crippen molar-refractivity contribution in [3.63, 3.8) is 0 Å². The molecule has 0 amide bonds. The van der Waals surface area contributed by atoms with E-state index in [2.05, 4.69) is 16.9 Å². The zero-order chi connectivity index (χ0) is 22.1. The smallest absolute Gasteiger partial charge is 0.166 e. The fourth-order valence-corrected chi connectivity index (χ4v) is 3.74. The molecule has 0 N–H and O–H groups in total. The number of aryl methyl sites for hydroxylation is 2.